The van der Waals surface area contributed by atoms with Crippen molar-refractivity contribution in [2.45, 2.75) is 182 Å². The van der Waals surface area contributed by atoms with Crippen LogP contribution in [-0.2, 0) is 20.4 Å². The van der Waals surface area contributed by atoms with Crippen LogP contribution < -0.4 is 0 Å². The second-order valence-corrected chi connectivity index (χ2v) is 16.4. The average molecular weight is 610 g/mol. The van der Waals surface area contributed by atoms with Crippen molar-refractivity contribution in [1.82, 2.24) is 9.80 Å². The molecule has 0 aliphatic heterocycles. The normalized spacial score (nSPS) is 34.6. The van der Waals surface area contributed by atoms with E-state index in [1.807, 2.05) is 0 Å². The number of carbonyl (C=O) groups is 1. The summed E-state index contributed by atoms with van der Waals surface area (Å²) in [5.41, 5.74) is 0. The molecular formula is C38H61N2OTi. The number of nitrogens with zero attached hydrogens (tertiary/aromatic N) is 2. The molecule has 0 aromatic rings. The number of carbonyl (C=O) groups excluding carboxylic acids is 1. The summed E-state index contributed by atoms with van der Waals surface area (Å²) in [5, 5.41) is 0. The van der Waals surface area contributed by atoms with Crippen LogP contribution in [0, 0.1) is 23.7 Å². The van der Waals surface area contributed by atoms with Gasteiger partial charge in [-0.1, -0.05) is 77.0 Å². The molecule has 2 amide bonds. The fourth-order valence-electron chi connectivity index (χ4n) is 10.6. The molecule has 6 fully saturated rings. The Kier molecular flexibility index (Phi) is 11.7. The van der Waals surface area contributed by atoms with E-state index in [2.05, 4.69) is 54.5 Å². The van der Waals surface area contributed by atoms with Gasteiger partial charge in [-0.2, -0.15) is 0 Å². The van der Waals surface area contributed by atoms with Crippen LogP contribution in [0.5, 0.6) is 0 Å². The number of hydrogen-bond acceptors (Lipinski definition) is 1. The predicted molar refractivity (Wildman–Crippen MR) is 171 cm³/mol. The van der Waals surface area contributed by atoms with Crippen molar-refractivity contribution in [2.24, 2.45) is 23.7 Å². The summed E-state index contributed by atoms with van der Waals surface area (Å²) in [4.78, 5) is 19.3. The third-order valence-corrected chi connectivity index (χ3v) is 14.1. The van der Waals surface area contributed by atoms with E-state index in [-0.39, 0.29) is 0 Å². The molecule has 5 unspecified atom stereocenters. The van der Waals surface area contributed by atoms with E-state index in [1.54, 1.807) is 0 Å². The zero-order valence-corrected chi connectivity index (χ0v) is 28.3. The van der Waals surface area contributed by atoms with Crippen LogP contribution in [0.4, 0.5) is 4.79 Å². The van der Waals surface area contributed by atoms with E-state index in [0.717, 1.165) is 27.9 Å². The molecule has 3 nitrogen and oxygen atoms in total. The quantitative estimate of drug-likeness (QED) is 0.291. The predicted octanol–water partition coefficient (Wildman–Crippen LogP) is 10.5. The van der Waals surface area contributed by atoms with Crippen LogP contribution in [0.2, 0.25) is 4.22 Å². The zero-order chi connectivity index (χ0) is 28.7. The minimum absolute atomic E-state index is 0.470. The molecule has 7 aliphatic carbocycles. The van der Waals surface area contributed by atoms with E-state index < -0.39 is 0 Å². The summed E-state index contributed by atoms with van der Waals surface area (Å²) < 4.78 is 0.937. The van der Waals surface area contributed by atoms with Gasteiger partial charge in [0.05, 0.1) is 0 Å². The van der Waals surface area contributed by atoms with Crippen LogP contribution in [0.1, 0.15) is 154 Å². The summed E-state index contributed by atoms with van der Waals surface area (Å²) in [6, 6.07) is 2.58. The Morgan fingerprint density at radius 3 is 1.19 bits per heavy atom. The van der Waals surface area contributed by atoms with Crippen LogP contribution >= 0.6 is 0 Å². The number of hydrogen-bond donors (Lipinski definition) is 0. The second kappa shape index (κ2) is 15.6. The summed E-state index contributed by atoms with van der Waals surface area (Å²) in [7, 11) is 0. The fraction of sp³-hybridized carbons (Fsp3) is 0.868. The Morgan fingerprint density at radius 2 is 0.786 bits per heavy atom. The topological polar surface area (TPSA) is 23.6 Å². The van der Waals surface area contributed by atoms with Crippen molar-refractivity contribution in [3.63, 3.8) is 0 Å². The summed E-state index contributed by atoms with van der Waals surface area (Å²) >= 11 is 2.48. The van der Waals surface area contributed by atoms with Crippen molar-refractivity contribution in [3.05, 3.63) is 24.3 Å². The summed E-state index contributed by atoms with van der Waals surface area (Å²) in [5.74, 6) is 3.81. The van der Waals surface area contributed by atoms with Crippen LogP contribution in [0.25, 0.3) is 0 Å². The third-order valence-electron chi connectivity index (χ3n) is 12.8. The molecule has 0 aromatic carbocycles. The number of amides is 2. The van der Waals surface area contributed by atoms with Crippen molar-refractivity contribution in [2.75, 3.05) is 0 Å². The van der Waals surface area contributed by atoms with Gasteiger partial charge in [-0.25, -0.2) is 4.79 Å². The molecule has 42 heavy (non-hydrogen) atoms. The van der Waals surface area contributed by atoms with E-state index in [1.165, 1.54) is 154 Å². The Bertz CT molecular complexity index is 815. The summed E-state index contributed by atoms with van der Waals surface area (Å²) in [6.45, 7) is 0. The Labute approximate surface area is 270 Å². The molecule has 7 aliphatic rings. The number of urea groups is 1. The number of rotatable bonds is 4. The van der Waals surface area contributed by atoms with Gasteiger partial charge in [-0.15, -0.1) is 0 Å². The van der Waals surface area contributed by atoms with E-state index in [9.17, 15) is 4.79 Å². The van der Waals surface area contributed by atoms with Gasteiger partial charge in [0.1, 0.15) is 0 Å². The van der Waals surface area contributed by atoms with Gasteiger partial charge < -0.3 is 9.80 Å². The van der Waals surface area contributed by atoms with E-state index in [4.69, 9.17) is 0 Å². The molecule has 5 atom stereocenters. The molecule has 0 bridgehead atoms. The zero-order valence-electron chi connectivity index (χ0n) is 26.8. The fourth-order valence-corrected chi connectivity index (χ4v) is 11.8. The van der Waals surface area contributed by atoms with Crippen LogP contribution in [0.3, 0.4) is 0 Å². The molecule has 0 aromatic heterocycles. The van der Waals surface area contributed by atoms with E-state index in [0.29, 0.717) is 30.2 Å². The number of fused-ring (bicyclic) bond motifs is 3. The third kappa shape index (κ3) is 7.29. The Morgan fingerprint density at radius 1 is 0.452 bits per heavy atom. The maximum atomic E-state index is 14.3. The SMILES string of the molecule is O=C(N(C1CCCCC1)C1CCCCC1)N(C1CCCCC1)C1CCCCC1.[Ti][CH]1C2C=CC=CC2C2CCCCC12. The molecule has 0 heterocycles. The first-order valence-electron chi connectivity index (χ1n) is 18.9. The van der Waals surface area contributed by atoms with E-state index >= 15 is 0 Å². The van der Waals surface area contributed by atoms with Crippen molar-refractivity contribution >= 4 is 6.03 Å². The van der Waals surface area contributed by atoms with Crippen LogP contribution in [-0.4, -0.2) is 40.0 Å². The first kappa shape index (κ1) is 31.4. The molecule has 0 saturated heterocycles. The Hall–Kier alpha value is -0.536. The average Bonchev–Trinajstić information content (AvgIpc) is 3.35. The molecular weight excluding hydrogens is 548 g/mol. The van der Waals surface area contributed by atoms with Crippen molar-refractivity contribution < 1.29 is 25.2 Å². The minimum atomic E-state index is 0.470. The molecule has 233 valence electrons. The molecule has 0 spiro atoms. The van der Waals surface area contributed by atoms with Gasteiger partial charge in [0, 0.05) is 24.2 Å². The van der Waals surface area contributed by atoms with Gasteiger partial charge in [0.2, 0.25) is 0 Å². The number of allylic oxidation sites excluding steroid dienone is 4. The van der Waals surface area contributed by atoms with Gasteiger partial charge in [-0.05, 0) is 51.4 Å². The molecule has 4 heteroatoms. The first-order valence-corrected chi connectivity index (χ1v) is 19.8. The van der Waals surface area contributed by atoms with Crippen molar-refractivity contribution in [1.29, 1.82) is 0 Å². The van der Waals surface area contributed by atoms with Gasteiger partial charge >= 0.3 is 104 Å². The molecule has 0 radical (unpaired) electrons. The first-order chi connectivity index (χ1) is 20.7. The second-order valence-electron chi connectivity index (χ2n) is 15.3. The van der Waals surface area contributed by atoms with Gasteiger partial charge in [0.25, 0.3) is 0 Å². The van der Waals surface area contributed by atoms with Gasteiger partial charge in [-0.3, -0.25) is 0 Å². The molecule has 7 rings (SSSR count). The molecule has 6 saturated carbocycles. The molecule has 0 N–H and O–H groups in total. The van der Waals surface area contributed by atoms with Crippen LogP contribution in [0.15, 0.2) is 24.3 Å². The van der Waals surface area contributed by atoms with Crippen molar-refractivity contribution in [3.8, 4) is 0 Å². The maximum absolute atomic E-state index is 14.3. The monoisotopic (exact) mass is 609 g/mol. The Balaban J connectivity index is 0.000000187. The standard InChI is InChI=1S/C25H44N2O.C13H17.Ti/c28-25(26(21-13-5-1-6-14-21)22-15-7-2-8-16-22)27(23-17-9-3-10-18-23)24-19-11-4-12-20-24;1-3-7-12-10(5-1)9-11-6-2-4-8-13(11)12;/h21-24H,1-20H2;1,3,5,7,9-13H,2,4,6,8H2;. The summed E-state index contributed by atoms with van der Waals surface area (Å²) in [6.07, 6.45) is 41.6. The van der Waals surface area contributed by atoms with Gasteiger partial charge in [0.15, 0.2) is 0 Å².